The molecule has 1 saturated carbocycles. The smallest absolute Gasteiger partial charge is 0.307 e. The van der Waals surface area contributed by atoms with Gasteiger partial charge in [0.15, 0.2) is 0 Å². The molecule has 0 bridgehead atoms. The van der Waals surface area contributed by atoms with E-state index in [9.17, 15) is 9.59 Å². The summed E-state index contributed by atoms with van der Waals surface area (Å²) in [6, 6.07) is 10.2. The lowest BCUT2D eigenvalue weighted by Gasteiger charge is -2.30. The fraction of sp³-hybridized carbons (Fsp3) is 0.529. The van der Waals surface area contributed by atoms with Crippen LogP contribution in [0.1, 0.15) is 43.7 Å². The molecule has 1 aliphatic carbocycles. The third kappa shape index (κ3) is 2.94. The van der Waals surface area contributed by atoms with Crippen molar-refractivity contribution in [3.05, 3.63) is 35.9 Å². The maximum absolute atomic E-state index is 12.7. The molecule has 2 fully saturated rings. The van der Waals surface area contributed by atoms with E-state index in [1.807, 2.05) is 23.1 Å². The van der Waals surface area contributed by atoms with E-state index in [1.54, 1.807) is 0 Å². The number of nitrogens with zero attached hydrogens (tertiary/aromatic N) is 1. The lowest BCUT2D eigenvalue weighted by molar-refractivity contribution is -0.142. The summed E-state index contributed by atoms with van der Waals surface area (Å²) in [4.78, 5) is 25.6. The number of hydrogen-bond donors (Lipinski definition) is 1. The number of aliphatic carboxylic acids is 1. The standard InChI is InChI=1S/C17H21NO3/c19-16(13-11-14(13)17(20)21)18-10-6-2-5-9-15(18)12-7-3-1-4-8-12/h1,3-4,7-8,13-15H,2,5-6,9-11H2,(H,20,21). The Labute approximate surface area is 124 Å². The number of carbonyl (C=O) groups excluding carboxylic acids is 1. The Balaban J connectivity index is 1.80. The molecule has 1 N–H and O–H groups in total. The van der Waals surface area contributed by atoms with Gasteiger partial charge in [0.1, 0.15) is 0 Å². The highest BCUT2D eigenvalue weighted by Gasteiger charge is 2.50. The topological polar surface area (TPSA) is 57.6 Å². The van der Waals surface area contributed by atoms with Gasteiger partial charge in [-0.25, -0.2) is 0 Å². The van der Waals surface area contributed by atoms with Crippen molar-refractivity contribution in [2.24, 2.45) is 11.8 Å². The summed E-state index contributed by atoms with van der Waals surface area (Å²) in [5, 5.41) is 9.04. The van der Waals surface area contributed by atoms with Gasteiger partial charge < -0.3 is 10.0 Å². The van der Waals surface area contributed by atoms with Crippen LogP contribution in [0.2, 0.25) is 0 Å². The second-order valence-corrected chi connectivity index (χ2v) is 6.09. The lowest BCUT2D eigenvalue weighted by atomic mass is 10.0. The van der Waals surface area contributed by atoms with Crippen molar-refractivity contribution in [2.75, 3.05) is 6.54 Å². The van der Waals surface area contributed by atoms with Crippen LogP contribution in [-0.4, -0.2) is 28.4 Å². The van der Waals surface area contributed by atoms with Crippen molar-refractivity contribution < 1.29 is 14.7 Å². The number of likely N-dealkylation sites (tertiary alicyclic amines) is 1. The maximum Gasteiger partial charge on any atom is 0.307 e. The van der Waals surface area contributed by atoms with E-state index in [0.29, 0.717) is 6.42 Å². The van der Waals surface area contributed by atoms with Gasteiger partial charge in [-0.05, 0) is 24.8 Å². The third-order valence-electron chi connectivity index (χ3n) is 4.65. The minimum Gasteiger partial charge on any atom is -0.481 e. The van der Waals surface area contributed by atoms with Crippen molar-refractivity contribution in [1.29, 1.82) is 0 Å². The Kier molecular flexibility index (Phi) is 3.95. The molecule has 1 saturated heterocycles. The number of benzene rings is 1. The largest absolute Gasteiger partial charge is 0.481 e. The summed E-state index contributed by atoms with van der Waals surface area (Å²) in [5.74, 6) is -1.55. The molecule has 1 aliphatic heterocycles. The first-order valence-corrected chi connectivity index (χ1v) is 7.76. The molecule has 0 aromatic heterocycles. The molecule has 21 heavy (non-hydrogen) atoms. The molecule has 1 aromatic rings. The fourth-order valence-electron chi connectivity index (χ4n) is 3.35. The van der Waals surface area contributed by atoms with Gasteiger partial charge >= 0.3 is 5.97 Å². The first kappa shape index (κ1) is 14.1. The van der Waals surface area contributed by atoms with Crippen LogP contribution in [0, 0.1) is 11.8 Å². The Morgan fingerprint density at radius 2 is 1.81 bits per heavy atom. The van der Waals surface area contributed by atoms with Crippen LogP contribution in [0.15, 0.2) is 30.3 Å². The number of carbonyl (C=O) groups is 2. The molecule has 3 atom stereocenters. The molecule has 0 radical (unpaired) electrons. The molecule has 112 valence electrons. The Hall–Kier alpha value is -1.84. The lowest BCUT2D eigenvalue weighted by Crippen LogP contribution is -2.36. The number of carboxylic acid groups (broad SMARTS) is 1. The average molecular weight is 287 g/mol. The Morgan fingerprint density at radius 3 is 2.48 bits per heavy atom. The zero-order chi connectivity index (χ0) is 14.8. The first-order valence-electron chi connectivity index (χ1n) is 7.76. The van der Waals surface area contributed by atoms with Crippen LogP contribution in [0.5, 0.6) is 0 Å². The summed E-state index contributed by atoms with van der Waals surface area (Å²) in [6.45, 7) is 0.751. The van der Waals surface area contributed by atoms with Gasteiger partial charge in [-0.3, -0.25) is 9.59 Å². The molecule has 4 nitrogen and oxygen atoms in total. The highest BCUT2D eigenvalue weighted by Crippen LogP contribution is 2.42. The highest BCUT2D eigenvalue weighted by atomic mass is 16.4. The zero-order valence-electron chi connectivity index (χ0n) is 12.1. The van der Waals surface area contributed by atoms with Crippen LogP contribution in [0.25, 0.3) is 0 Å². The van der Waals surface area contributed by atoms with E-state index in [0.717, 1.165) is 32.2 Å². The molecule has 1 amide bonds. The minimum atomic E-state index is -0.834. The molecular weight excluding hydrogens is 266 g/mol. The average Bonchev–Trinajstić information content (AvgIpc) is 3.31. The molecule has 3 rings (SSSR count). The van der Waals surface area contributed by atoms with Gasteiger partial charge in [-0.1, -0.05) is 43.2 Å². The van der Waals surface area contributed by atoms with E-state index in [-0.39, 0.29) is 17.9 Å². The fourth-order valence-corrected chi connectivity index (χ4v) is 3.35. The predicted octanol–water partition coefficient (Wildman–Crippen LogP) is 2.85. The van der Waals surface area contributed by atoms with Crippen molar-refractivity contribution in [1.82, 2.24) is 4.90 Å². The molecule has 2 aliphatic rings. The van der Waals surface area contributed by atoms with E-state index in [2.05, 4.69) is 12.1 Å². The minimum absolute atomic E-state index is 0.0400. The van der Waals surface area contributed by atoms with Crippen LogP contribution < -0.4 is 0 Å². The number of hydrogen-bond acceptors (Lipinski definition) is 2. The summed E-state index contributed by atoms with van der Waals surface area (Å²) < 4.78 is 0. The molecule has 4 heteroatoms. The van der Waals surface area contributed by atoms with Crippen molar-refractivity contribution in [3.63, 3.8) is 0 Å². The Morgan fingerprint density at radius 1 is 1.05 bits per heavy atom. The SMILES string of the molecule is O=C(O)C1CC1C(=O)N1CCCCCC1c1ccccc1. The van der Waals surface area contributed by atoms with E-state index >= 15 is 0 Å². The van der Waals surface area contributed by atoms with E-state index in [1.165, 1.54) is 5.56 Å². The molecule has 1 heterocycles. The van der Waals surface area contributed by atoms with Crippen molar-refractivity contribution in [3.8, 4) is 0 Å². The van der Waals surface area contributed by atoms with Gasteiger partial charge in [0.05, 0.1) is 17.9 Å². The molecule has 3 unspecified atom stereocenters. The molecule has 1 aromatic carbocycles. The zero-order valence-corrected chi connectivity index (χ0v) is 12.1. The van der Waals surface area contributed by atoms with Crippen LogP contribution in [0.3, 0.4) is 0 Å². The van der Waals surface area contributed by atoms with Gasteiger partial charge in [-0.2, -0.15) is 0 Å². The summed E-state index contributed by atoms with van der Waals surface area (Å²) in [7, 11) is 0. The van der Waals surface area contributed by atoms with Gasteiger partial charge in [0, 0.05) is 6.54 Å². The second-order valence-electron chi connectivity index (χ2n) is 6.09. The van der Waals surface area contributed by atoms with Crippen LogP contribution in [-0.2, 0) is 9.59 Å². The summed E-state index contributed by atoms with van der Waals surface area (Å²) >= 11 is 0. The van der Waals surface area contributed by atoms with Gasteiger partial charge in [-0.15, -0.1) is 0 Å². The number of carboxylic acids is 1. The first-order chi connectivity index (χ1) is 10.2. The van der Waals surface area contributed by atoms with Crippen LogP contribution >= 0.6 is 0 Å². The van der Waals surface area contributed by atoms with Crippen LogP contribution in [0.4, 0.5) is 0 Å². The maximum atomic E-state index is 12.7. The predicted molar refractivity (Wildman–Crippen MR) is 78.6 cm³/mol. The van der Waals surface area contributed by atoms with Crippen molar-refractivity contribution >= 4 is 11.9 Å². The highest BCUT2D eigenvalue weighted by molar-refractivity contribution is 5.89. The second kappa shape index (κ2) is 5.88. The van der Waals surface area contributed by atoms with Gasteiger partial charge in [0.2, 0.25) is 5.91 Å². The molecule has 0 spiro atoms. The monoisotopic (exact) mass is 287 g/mol. The Bertz CT molecular complexity index is 528. The summed E-state index contributed by atoms with van der Waals surface area (Å²) in [5.41, 5.74) is 1.17. The number of amides is 1. The van der Waals surface area contributed by atoms with E-state index < -0.39 is 11.9 Å². The van der Waals surface area contributed by atoms with Crippen molar-refractivity contribution in [2.45, 2.75) is 38.1 Å². The van der Waals surface area contributed by atoms with Gasteiger partial charge in [0.25, 0.3) is 0 Å². The third-order valence-corrected chi connectivity index (χ3v) is 4.65. The normalized spacial score (nSPS) is 28.8. The summed E-state index contributed by atoms with van der Waals surface area (Å²) in [6.07, 6.45) is 4.75. The number of rotatable bonds is 3. The quantitative estimate of drug-likeness (QED) is 0.930. The van der Waals surface area contributed by atoms with E-state index in [4.69, 9.17) is 5.11 Å². The molecular formula is C17H21NO3.